The molecule has 0 radical (unpaired) electrons. The van der Waals surface area contributed by atoms with Crippen LogP contribution in [0, 0.1) is 24.0 Å². The number of aryl methyl sites for hydroxylation is 2. The molecule has 11 nitrogen and oxygen atoms in total. The molecule has 12 heteroatoms. The number of thiocarbonyl (C=S) groups is 1. The van der Waals surface area contributed by atoms with Crippen molar-refractivity contribution in [2.24, 2.45) is 0 Å². The molecule has 1 aliphatic rings. The number of benzene rings is 1. The topological polar surface area (TPSA) is 120 Å². The van der Waals surface area contributed by atoms with Gasteiger partial charge in [0, 0.05) is 23.9 Å². The maximum absolute atomic E-state index is 13.0. The van der Waals surface area contributed by atoms with E-state index in [1.807, 2.05) is 25.3 Å². The third kappa shape index (κ3) is 4.78. The Kier molecular flexibility index (Phi) is 6.65. The molecule has 35 heavy (non-hydrogen) atoms. The summed E-state index contributed by atoms with van der Waals surface area (Å²) in [5, 5.41) is 23.2. The Morgan fingerprint density at radius 3 is 2.69 bits per heavy atom. The van der Waals surface area contributed by atoms with E-state index in [1.54, 1.807) is 48.7 Å². The molecule has 3 aromatic rings. The van der Waals surface area contributed by atoms with Gasteiger partial charge in [0.05, 0.1) is 31.3 Å². The van der Waals surface area contributed by atoms with E-state index in [1.165, 1.54) is 4.90 Å². The normalized spacial score (nSPS) is 14.6. The van der Waals surface area contributed by atoms with Crippen LogP contribution in [0.2, 0.25) is 0 Å². The van der Waals surface area contributed by atoms with Gasteiger partial charge in [-0.15, -0.1) is 0 Å². The van der Waals surface area contributed by atoms with E-state index in [9.17, 15) is 14.9 Å². The Hall–Kier alpha value is -4.06. The van der Waals surface area contributed by atoms with Crippen LogP contribution in [0.3, 0.4) is 0 Å². The molecule has 1 aliphatic heterocycles. The van der Waals surface area contributed by atoms with Gasteiger partial charge in [0.1, 0.15) is 22.8 Å². The average molecular weight is 496 g/mol. The maximum Gasteiger partial charge on any atom is 0.312 e. The van der Waals surface area contributed by atoms with E-state index in [-0.39, 0.29) is 18.1 Å². The Morgan fingerprint density at radius 1 is 1.29 bits per heavy atom. The zero-order chi connectivity index (χ0) is 25.3. The summed E-state index contributed by atoms with van der Waals surface area (Å²) in [5.41, 5.74) is 3.56. The third-order valence-electron chi connectivity index (χ3n) is 5.78. The highest BCUT2D eigenvalue weighted by Gasteiger charge is 2.31. The summed E-state index contributed by atoms with van der Waals surface area (Å²) < 4.78 is 8.85. The van der Waals surface area contributed by atoms with Gasteiger partial charge in [0.15, 0.2) is 5.11 Å². The lowest BCUT2D eigenvalue weighted by molar-refractivity contribution is -0.386. The Balaban J connectivity index is 1.59. The van der Waals surface area contributed by atoms with Crippen LogP contribution >= 0.6 is 12.2 Å². The van der Waals surface area contributed by atoms with Crippen LogP contribution < -0.4 is 10.1 Å². The molecule has 182 valence electrons. The first-order valence-electron chi connectivity index (χ1n) is 10.9. The number of ether oxygens (including phenoxy) is 1. The van der Waals surface area contributed by atoms with Gasteiger partial charge in [-0.3, -0.25) is 29.2 Å². The minimum absolute atomic E-state index is 0.000996. The molecule has 2 aromatic heterocycles. The third-order valence-corrected chi connectivity index (χ3v) is 6.10. The van der Waals surface area contributed by atoms with Crippen LogP contribution in [-0.2, 0) is 24.4 Å². The van der Waals surface area contributed by atoms with Gasteiger partial charge in [-0.2, -0.15) is 10.2 Å². The molecule has 0 bridgehead atoms. The number of methoxy groups -OCH3 is 1. The second kappa shape index (κ2) is 9.66. The van der Waals surface area contributed by atoms with Crippen molar-refractivity contribution in [3.63, 3.8) is 0 Å². The average Bonchev–Trinajstić information content (AvgIpc) is 3.46. The van der Waals surface area contributed by atoms with Gasteiger partial charge in [-0.05, 0) is 56.8 Å². The highest BCUT2D eigenvalue weighted by atomic mass is 32.1. The molecule has 0 aliphatic carbocycles. The highest BCUT2D eigenvalue weighted by molar-refractivity contribution is 7.80. The summed E-state index contributed by atoms with van der Waals surface area (Å²) in [6.45, 7) is 6.60. The summed E-state index contributed by atoms with van der Waals surface area (Å²) in [6, 6.07) is 5.47. The first kappa shape index (κ1) is 24.1. The molecule has 1 N–H and O–H groups in total. The van der Waals surface area contributed by atoms with Gasteiger partial charge in [-0.25, -0.2) is 0 Å². The minimum Gasteiger partial charge on any atom is -0.496 e. The molecule has 3 heterocycles. The zero-order valence-electron chi connectivity index (χ0n) is 19.8. The van der Waals surface area contributed by atoms with E-state index < -0.39 is 4.92 Å². The number of nitrogens with one attached hydrogen (secondary N) is 1. The molecule has 1 amide bonds. The van der Waals surface area contributed by atoms with Gasteiger partial charge in [0.25, 0.3) is 5.91 Å². The van der Waals surface area contributed by atoms with Crippen molar-refractivity contribution >= 4 is 35.0 Å². The number of amides is 1. The van der Waals surface area contributed by atoms with Crippen molar-refractivity contribution < 1.29 is 14.5 Å². The van der Waals surface area contributed by atoms with Crippen LogP contribution in [0.5, 0.6) is 5.75 Å². The monoisotopic (exact) mass is 495 g/mol. The molecule has 1 saturated heterocycles. The van der Waals surface area contributed by atoms with Crippen molar-refractivity contribution in [2.45, 2.75) is 40.4 Å². The number of nitro groups is 1. The Bertz CT molecular complexity index is 1360. The fourth-order valence-electron chi connectivity index (χ4n) is 4.00. The molecule has 0 unspecified atom stereocenters. The summed E-state index contributed by atoms with van der Waals surface area (Å²) in [6.07, 6.45) is 5.33. The van der Waals surface area contributed by atoms with Gasteiger partial charge in [0.2, 0.25) is 0 Å². The van der Waals surface area contributed by atoms with Gasteiger partial charge in [-0.1, -0.05) is 6.07 Å². The zero-order valence-corrected chi connectivity index (χ0v) is 20.6. The Labute approximate surface area is 207 Å². The maximum atomic E-state index is 13.0. The van der Waals surface area contributed by atoms with Crippen LogP contribution in [0.15, 0.2) is 36.3 Å². The predicted molar refractivity (Wildman–Crippen MR) is 133 cm³/mol. The first-order valence-corrected chi connectivity index (χ1v) is 11.3. The molecule has 0 saturated carbocycles. The molecule has 1 aromatic carbocycles. The second-order valence-corrected chi connectivity index (χ2v) is 8.48. The number of aromatic nitrogens is 4. The molecule has 0 spiro atoms. The van der Waals surface area contributed by atoms with Crippen molar-refractivity contribution in [3.05, 3.63) is 74.5 Å². The fourth-order valence-corrected chi connectivity index (χ4v) is 4.26. The molecular weight excluding hydrogens is 470 g/mol. The number of hydrogen-bond donors (Lipinski definition) is 1. The lowest BCUT2D eigenvalue weighted by Gasteiger charge is -2.12. The summed E-state index contributed by atoms with van der Waals surface area (Å²) >= 11 is 5.39. The highest BCUT2D eigenvalue weighted by Crippen LogP contribution is 2.27. The van der Waals surface area contributed by atoms with Crippen LogP contribution in [0.25, 0.3) is 6.08 Å². The first-order chi connectivity index (χ1) is 16.7. The number of carbonyl (C=O) groups is 1. The molecular formula is C23H25N7O4S. The van der Waals surface area contributed by atoms with Crippen LogP contribution in [0.4, 0.5) is 5.69 Å². The van der Waals surface area contributed by atoms with E-state index >= 15 is 0 Å². The van der Waals surface area contributed by atoms with Crippen molar-refractivity contribution in [1.82, 2.24) is 29.8 Å². The summed E-state index contributed by atoms with van der Waals surface area (Å²) in [5.74, 6) is 0.379. The molecule has 4 rings (SSSR count). The SMILES string of the molecule is CCn1cc(CN2C(=O)/C(=C\c3ccc(OC)c(Cn4nc(C)c([N+](=O)[O-])c4C)c3)NC2=S)cn1. The number of nitrogens with zero attached hydrogens (tertiary/aromatic N) is 6. The predicted octanol–water partition coefficient (Wildman–Crippen LogP) is 2.94. The van der Waals surface area contributed by atoms with E-state index in [4.69, 9.17) is 17.0 Å². The van der Waals surface area contributed by atoms with Crippen LogP contribution in [0.1, 0.15) is 35.0 Å². The van der Waals surface area contributed by atoms with E-state index in [0.717, 1.165) is 23.2 Å². The largest absolute Gasteiger partial charge is 0.496 e. The quantitative estimate of drug-likeness (QED) is 0.219. The number of hydrogen-bond acceptors (Lipinski definition) is 7. The lowest BCUT2D eigenvalue weighted by Crippen LogP contribution is -2.29. The second-order valence-electron chi connectivity index (χ2n) is 8.09. The Morgan fingerprint density at radius 2 is 2.06 bits per heavy atom. The van der Waals surface area contributed by atoms with Crippen molar-refractivity contribution in [1.29, 1.82) is 0 Å². The van der Waals surface area contributed by atoms with E-state index in [0.29, 0.717) is 34.5 Å². The summed E-state index contributed by atoms with van der Waals surface area (Å²) in [7, 11) is 1.56. The smallest absolute Gasteiger partial charge is 0.312 e. The van der Waals surface area contributed by atoms with Gasteiger partial charge < -0.3 is 10.1 Å². The van der Waals surface area contributed by atoms with Gasteiger partial charge >= 0.3 is 5.69 Å². The number of rotatable bonds is 8. The van der Waals surface area contributed by atoms with Crippen molar-refractivity contribution in [2.75, 3.05) is 7.11 Å². The lowest BCUT2D eigenvalue weighted by atomic mass is 10.1. The van der Waals surface area contributed by atoms with E-state index in [2.05, 4.69) is 15.5 Å². The fraction of sp³-hybridized carbons (Fsp3) is 0.304. The van der Waals surface area contributed by atoms with Crippen molar-refractivity contribution in [3.8, 4) is 5.75 Å². The number of carbonyl (C=O) groups excluding carboxylic acids is 1. The molecule has 1 fully saturated rings. The standard InChI is InChI=1S/C23H25N7O4S/c1-5-27-11-17(10-24-27)12-28-22(31)19(25-23(28)35)9-16-6-7-20(34-4)18(8-16)13-29-15(3)21(30(32)33)14(2)26-29/h6-11H,5,12-13H2,1-4H3,(H,25,35)/b19-9+. The minimum atomic E-state index is -0.425. The summed E-state index contributed by atoms with van der Waals surface area (Å²) in [4.78, 5) is 25.5. The molecule has 0 atom stereocenters. The van der Waals surface area contributed by atoms with Crippen LogP contribution in [-0.4, -0.2) is 47.5 Å².